The smallest absolute Gasteiger partial charge is 0.233 e. The molecule has 1 aromatic heterocycles. The molecule has 0 unspecified atom stereocenters. The van der Waals surface area contributed by atoms with Gasteiger partial charge in [-0.1, -0.05) is 55.1 Å². The van der Waals surface area contributed by atoms with Crippen LogP contribution in [0.3, 0.4) is 0 Å². The van der Waals surface area contributed by atoms with E-state index in [2.05, 4.69) is 52.9 Å². The second kappa shape index (κ2) is 11.7. The zero-order valence-corrected chi connectivity index (χ0v) is 20.4. The number of allylic oxidation sites excluding steroid dienone is 1. The topological polar surface area (TPSA) is 63.5 Å². The Balaban J connectivity index is 1.30. The fraction of sp³-hybridized carbons (Fsp3) is 0.346. The van der Waals surface area contributed by atoms with Gasteiger partial charge in [-0.15, -0.1) is 16.8 Å². The molecule has 0 aliphatic carbocycles. The number of carbonyl (C=O) groups is 1. The van der Waals surface area contributed by atoms with Crippen LogP contribution in [0.15, 0.2) is 72.4 Å². The lowest BCUT2D eigenvalue weighted by Crippen LogP contribution is -2.49. The Hall–Kier alpha value is -3.26. The summed E-state index contributed by atoms with van der Waals surface area (Å²) in [6, 6.07) is 18.4. The number of hydrogen-bond acceptors (Lipinski definition) is 6. The molecule has 2 heterocycles. The summed E-state index contributed by atoms with van der Waals surface area (Å²) in [6.07, 6.45) is 2.80. The van der Waals surface area contributed by atoms with Crippen LogP contribution in [0.2, 0.25) is 0 Å². The van der Waals surface area contributed by atoms with E-state index in [0.717, 1.165) is 38.3 Å². The number of hydrogen-bond donors (Lipinski definition) is 0. The van der Waals surface area contributed by atoms with Crippen LogP contribution in [-0.4, -0.2) is 57.5 Å². The Kier molecular flexibility index (Phi) is 8.25. The first kappa shape index (κ1) is 23.9. The van der Waals surface area contributed by atoms with E-state index in [1.807, 2.05) is 39.8 Å². The molecule has 0 spiro atoms. The first-order chi connectivity index (χ1) is 16.7. The standard InChI is InChI=1S/C26H31N5O2S/c1-3-14-31-24(19-33-23-12-10-21(4-2)11-13-23)27-28-26(31)34-20-25(32)30-17-15-29(16-18-30)22-8-6-5-7-9-22/h3,5-13H,1,4,14-20H2,2H3. The Bertz CT molecular complexity index is 1080. The van der Waals surface area contributed by atoms with Crippen molar-refractivity contribution in [3.05, 3.63) is 78.6 Å². The van der Waals surface area contributed by atoms with Crippen LogP contribution < -0.4 is 9.64 Å². The molecule has 0 N–H and O–H groups in total. The average molecular weight is 478 g/mol. The zero-order valence-electron chi connectivity index (χ0n) is 19.6. The number of anilines is 1. The van der Waals surface area contributed by atoms with Crippen LogP contribution in [-0.2, 0) is 24.4 Å². The van der Waals surface area contributed by atoms with Gasteiger partial charge >= 0.3 is 0 Å². The molecule has 0 saturated carbocycles. The van der Waals surface area contributed by atoms with Crippen molar-refractivity contribution in [3.63, 3.8) is 0 Å². The van der Waals surface area contributed by atoms with Crippen molar-refractivity contribution in [1.29, 1.82) is 0 Å². The van der Waals surface area contributed by atoms with E-state index in [9.17, 15) is 4.79 Å². The number of ether oxygens (including phenoxy) is 1. The van der Waals surface area contributed by atoms with Crippen LogP contribution in [0.5, 0.6) is 5.75 Å². The Morgan fingerprint density at radius 2 is 1.79 bits per heavy atom. The van der Waals surface area contributed by atoms with Gasteiger partial charge in [0.2, 0.25) is 5.91 Å². The van der Waals surface area contributed by atoms with E-state index in [4.69, 9.17) is 4.74 Å². The van der Waals surface area contributed by atoms with Crippen molar-refractivity contribution < 1.29 is 9.53 Å². The number of aryl methyl sites for hydroxylation is 1. The van der Waals surface area contributed by atoms with Crippen LogP contribution in [0.4, 0.5) is 5.69 Å². The van der Waals surface area contributed by atoms with Crippen LogP contribution >= 0.6 is 11.8 Å². The van der Waals surface area contributed by atoms with Gasteiger partial charge < -0.3 is 14.5 Å². The number of aromatic nitrogens is 3. The van der Waals surface area contributed by atoms with E-state index < -0.39 is 0 Å². The highest BCUT2D eigenvalue weighted by Gasteiger charge is 2.22. The first-order valence-corrected chi connectivity index (χ1v) is 12.6. The summed E-state index contributed by atoms with van der Waals surface area (Å²) in [4.78, 5) is 17.1. The van der Waals surface area contributed by atoms with Gasteiger partial charge in [-0.3, -0.25) is 9.36 Å². The lowest BCUT2D eigenvalue weighted by Gasteiger charge is -2.36. The van der Waals surface area contributed by atoms with Crippen molar-refractivity contribution in [1.82, 2.24) is 19.7 Å². The second-order valence-corrected chi connectivity index (χ2v) is 9.02. The third kappa shape index (κ3) is 5.99. The maximum atomic E-state index is 12.8. The van der Waals surface area contributed by atoms with Crippen molar-refractivity contribution in [2.24, 2.45) is 0 Å². The molecule has 1 amide bonds. The molecule has 2 aromatic carbocycles. The minimum Gasteiger partial charge on any atom is -0.486 e. The lowest BCUT2D eigenvalue weighted by molar-refractivity contribution is -0.128. The van der Waals surface area contributed by atoms with E-state index in [1.54, 1.807) is 6.08 Å². The Labute approximate surface area is 205 Å². The largest absolute Gasteiger partial charge is 0.486 e. The van der Waals surface area contributed by atoms with Gasteiger partial charge in [0.1, 0.15) is 12.4 Å². The summed E-state index contributed by atoms with van der Waals surface area (Å²) < 4.78 is 7.87. The molecule has 34 heavy (non-hydrogen) atoms. The number of rotatable bonds is 10. The molecule has 1 aliphatic heterocycles. The molecule has 0 atom stereocenters. The van der Waals surface area contributed by atoms with E-state index in [-0.39, 0.29) is 5.91 Å². The molecule has 4 rings (SSSR count). The molecule has 1 aliphatic rings. The maximum absolute atomic E-state index is 12.8. The number of thioether (sulfide) groups is 1. The van der Waals surface area contributed by atoms with E-state index in [1.165, 1.54) is 23.0 Å². The van der Waals surface area contributed by atoms with Gasteiger partial charge in [0.15, 0.2) is 11.0 Å². The third-order valence-electron chi connectivity index (χ3n) is 5.88. The maximum Gasteiger partial charge on any atom is 0.233 e. The Morgan fingerprint density at radius 3 is 2.47 bits per heavy atom. The molecule has 3 aromatic rings. The van der Waals surface area contributed by atoms with Crippen molar-refractivity contribution in [2.45, 2.75) is 31.7 Å². The molecule has 1 saturated heterocycles. The first-order valence-electron chi connectivity index (χ1n) is 11.6. The molecule has 8 heteroatoms. The van der Waals surface area contributed by atoms with Gasteiger partial charge in [-0.25, -0.2) is 0 Å². The SMILES string of the molecule is C=CCn1c(COc2ccc(CC)cc2)nnc1SCC(=O)N1CCN(c2ccccc2)CC1. The summed E-state index contributed by atoms with van der Waals surface area (Å²) >= 11 is 1.41. The summed E-state index contributed by atoms with van der Waals surface area (Å²) in [5, 5.41) is 9.32. The highest BCUT2D eigenvalue weighted by atomic mass is 32.2. The Morgan fingerprint density at radius 1 is 1.06 bits per heavy atom. The molecular formula is C26H31N5O2S. The fourth-order valence-corrected chi connectivity index (χ4v) is 4.75. The molecule has 7 nitrogen and oxygen atoms in total. The number of nitrogens with zero attached hydrogens (tertiary/aromatic N) is 5. The second-order valence-electron chi connectivity index (χ2n) is 8.08. The molecule has 1 fully saturated rings. The predicted octanol–water partition coefficient (Wildman–Crippen LogP) is 4.05. The molecule has 0 bridgehead atoms. The van der Waals surface area contributed by atoms with Gasteiger partial charge in [0.25, 0.3) is 0 Å². The normalized spacial score (nSPS) is 13.7. The lowest BCUT2D eigenvalue weighted by atomic mass is 10.2. The summed E-state index contributed by atoms with van der Waals surface area (Å²) in [7, 11) is 0. The summed E-state index contributed by atoms with van der Waals surface area (Å²) in [5.74, 6) is 1.97. The molecule has 0 radical (unpaired) electrons. The number of carbonyl (C=O) groups excluding carboxylic acids is 1. The van der Waals surface area contributed by atoms with Gasteiger partial charge in [0, 0.05) is 38.4 Å². The number of piperazine rings is 1. The average Bonchev–Trinajstić information content (AvgIpc) is 3.28. The number of amides is 1. The van der Waals surface area contributed by atoms with Crippen molar-refractivity contribution in [2.75, 3.05) is 36.8 Å². The van der Waals surface area contributed by atoms with Crippen LogP contribution in [0.1, 0.15) is 18.3 Å². The minimum absolute atomic E-state index is 0.125. The quantitative estimate of drug-likeness (QED) is 0.324. The summed E-state index contributed by atoms with van der Waals surface area (Å²) in [6.45, 7) is 9.98. The van der Waals surface area contributed by atoms with E-state index in [0.29, 0.717) is 29.9 Å². The van der Waals surface area contributed by atoms with Crippen molar-refractivity contribution in [3.8, 4) is 5.75 Å². The van der Waals surface area contributed by atoms with Gasteiger partial charge in [-0.05, 0) is 36.2 Å². The number of benzene rings is 2. The third-order valence-corrected chi connectivity index (χ3v) is 6.83. The van der Waals surface area contributed by atoms with Gasteiger partial charge in [-0.2, -0.15) is 0 Å². The highest BCUT2D eigenvalue weighted by molar-refractivity contribution is 7.99. The monoisotopic (exact) mass is 477 g/mol. The number of para-hydroxylation sites is 1. The summed E-state index contributed by atoms with van der Waals surface area (Å²) in [5.41, 5.74) is 2.48. The van der Waals surface area contributed by atoms with E-state index >= 15 is 0 Å². The molecular weight excluding hydrogens is 446 g/mol. The minimum atomic E-state index is 0.125. The van der Waals surface area contributed by atoms with Crippen molar-refractivity contribution >= 4 is 23.4 Å². The molecule has 178 valence electrons. The fourth-order valence-electron chi connectivity index (χ4n) is 3.88. The van der Waals surface area contributed by atoms with Crippen LogP contribution in [0.25, 0.3) is 0 Å². The predicted molar refractivity (Wildman–Crippen MR) is 136 cm³/mol. The zero-order chi connectivity index (χ0) is 23.8. The highest BCUT2D eigenvalue weighted by Crippen LogP contribution is 2.21. The van der Waals surface area contributed by atoms with Gasteiger partial charge in [0.05, 0.1) is 5.75 Å². The van der Waals surface area contributed by atoms with Crippen LogP contribution in [0, 0.1) is 0 Å².